The van der Waals surface area contributed by atoms with E-state index in [1.54, 1.807) is 0 Å². The van der Waals surface area contributed by atoms with Crippen LogP contribution in [0.5, 0.6) is 5.75 Å². The van der Waals surface area contributed by atoms with Gasteiger partial charge in [-0.1, -0.05) is 25.7 Å². The van der Waals surface area contributed by atoms with Crippen molar-refractivity contribution in [3.63, 3.8) is 0 Å². The van der Waals surface area contributed by atoms with E-state index in [0.29, 0.717) is 0 Å². The molecule has 0 aromatic heterocycles. The zero-order valence-electron chi connectivity index (χ0n) is 16.5. The number of nitrogens with one attached hydrogen (secondary N) is 1. The van der Waals surface area contributed by atoms with E-state index in [-0.39, 0.29) is 11.8 Å². The molecule has 2 aliphatic carbocycles. The maximum Gasteiger partial charge on any atom is 0.227 e. The highest BCUT2D eigenvalue weighted by Gasteiger charge is 2.35. The van der Waals surface area contributed by atoms with Crippen LogP contribution >= 0.6 is 0 Å². The number of rotatable bonds is 7. The number of likely N-dealkylation sites (tertiary alicyclic amines) is 1. The summed E-state index contributed by atoms with van der Waals surface area (Å²) >= 11 is 0. The van der Waals surface area contributed by atoms with Gasteiger partial charge in [0.05, 0.1) is 6.61 Å². The molecule has 1 aromatic carbocycles. The highest BCUT2D eigenvalue weighted by atomic mass is 16.5. The molecule has 148 valence electrons. The summed E-state index contributed by atoms with van der Waals surface area (Å²) in [6.07, 6.45) is 11.1. The number of anilines is 1. The molecule has 0 bridgehead atoms. The van der Waals surface area contributed by atoms with Gasteiger partial charge in [0, 0.05) is 31.2 Å². The first-order valence-corrected chi connectivity index (χ1v) is 11.0. The molecule has 1 amide bonds. The molecular weight excluding hydrogens is 336 g/mol. The number of benzene rings is 1. The zero-order valence-corrected chi connectivity index (χ0v) is 16.5. The standard InChI is InChI=1S/C23H34N2O2/c26-23(18-6-2-1-3-7-18)24-21-10-12-22(13-11-21)27-15-5-14-25-16-19-8-4-9-20(19)17-25/h10-13,18-20H,1-9,14-17H2,(H,24,26). The van der Waals surface area contributed by atoms with Gasteiger partial charge in [-0.2, -0.15) is 0 Å². The molecule has 1 saturated heterocycles. The van der Waals surface area contributed by atoms with Gasteiger partial charge in [0.1, 0.15) is 5.75 Å². The minimum Gasteiger partial charge on any atom is -0.494 e. The van der Waals surface area contributed by atoms with Crippen molar-refractivity contribution in [1.82, 2.24) is 4.90 Å². The first-order chi connectivity index (χ1) is 13.3. The minimum atomic E-state index is 0.179. The summed E-state index contributed by atoms with van der Waals surface area (Å²) in [6.45, 7) is 4.53. The van der Waals surface area contributed by atoms with Gasteiger partial charge in [-0.25, -0.2) is 0 Å². The Balaban J connectivity index is 1.14. The fraction of sp³-hybridized carbons (Fsp3) is 0.696. The van der Waals surface area contributed by atoms with Crippen LogP contribution in [-0.4, -0.2) is 37.0 Å². The van der Waals surface area contributed by atoms with Crippen molar-refractivity contribution in [2.24, 2.45) is 17.8 Å². The van der Waals surface area contributed by atoms with Crippen molar-refractivity contribution in [2.75, 3.05) is 31.6 Å². The van der Waals surface area contributed by atoms with E-state index >= 15 is 0 Å². The van der Waals surface area contributed by atoms with Crippen molar-refractivity contribution < 1.29 is 9.53 Å². The van der Waals surface area contributed by atoms with E-state index in [4.69, 9.17) is 4.74 Å². The van der Waals surface area contributed by atoms with E-state index in [1.165, 1.54) is 51.6 Å². The van der Waals surface area contributed by atoms with E-state index in [9.17, 15) is 4.79 Å². The monoisotopic (exact) mass is 370 g/mol. The Labute approximate surface area is 163 Å². The van der Waals surface area contributed by atoms with Crippen molar-refractivity contribution in [3.8, 4) is 5.75 Å². The fourth-order valence-corrected chi connectivity index (χ4v) is 5.24. The lowest BCUT2D eigenvalue weighted by Crippen LogP contribution is -2.24. The summed E-state index contributed by atoms with van der Waals surface area (Å²) < 4.78 is 5.90. The number of carbonyl (C=O) groups excluding carboxylic acids is 1. The molecule has 27 heavy (non-hydrogen) atoms. The van der Waals surface area contributed by atoms with E-state index in [2.05, 4.69) is 10.2 Å². The first kappa shape index (κ1) is 18.8. The number of nitrogens with zero attached hydrogens (tertiary/aromatic N) is 1. The largest absolute Gasteiger partial charge is 0.494 e. The molecule has 4 rings (SSSR count). The quantitative estimate of drug-likeness (QED) is 0.707. The molecule has 2 atom stereocenters. The summed E-state index contributed by atoms with van der Waals surface area (Å²) in [5, 5.41) is 3.06. The van der Waals surface area contributed by atoms with E-state index < -0.39 is 0 Å². The second-order valence-electron chi connectivity index (χ2n) is 8.76. The molecule has 4 nitrogen and oxygen atoms in total. The van der Waals surface area contributed by atoms with Gasteiger partial charge < -0.3 is 15.0 Å². The Kier molecular flexibility index (Phi) is 6.33. The van der Waals surface area contributed by atoms with Gasteiger partial charge in [0.2, 0.25) is 5.91 Å². The fourth-order valence-electron chi connectivity index (χ4n) is 5.24. The summed E-state index contributed by atoms with van der Waals surface area (Å²) in [5.41, 5.74) is 0.876. The maximum atomic E-state index is 12.3. The number of ether oxygens (including phenoxy) is 1. The van der Waals surface area contributed by atoms with Crippen molar-refractivity contribution in [1.29, 1.82) is 0 Å². The third-order valence-corrected chi connectivity index (χ3v) is 6.79. The van der Waals surface area contributed by atoms with Crippen LogP contribution in [0.1, 0.15) is 57.8 Å². The molecule has 3 aliphatic rings. The van der Waals surface area contributed by atoms with Crippen LogP contribution in [0.15, 0.2) is 24.3 Å². The Bertz CT molecular complexity index is 597. The predicted molar refractivity (Wildman–Crippen MR) is 109 cm³/mol. The van der Waals surface area contributed by atoms with Gasteiger partial charge in [-0.3, -0.25) is 4.79 Å². The number of fused-ring (bicyclic) bond motifs is 1. The molecule has 1 aliphatic heterocycles. The first-order valence-electron chi connectivity index (χ1n) is 11.0. The topological polar surface area (TPSA) is 41.6 Å². The van der Waals surface area contributed by atoms with Crippen LogP contribution in [-0.2, 0) is 4.79 Å². The average molecular weight is 371 g/mol. The molecule has 0 radical (unpaired) electrons. The molecule has 1 N–H and O–H groups in total. The normalized spacial score (nSPS) is 26.1. The molecule has 4 heteroatoms. The molecule has 1 aromatic rings. The molecule has 2 unspecified atom stereocenters. The molecule has 3 fully saturated rings. The zero-order chi connectivity index (χ0) is 18.5. The predicted octanol–water partition coefficient (Wildman–Crippen LogP) is 4.71. The van der Waals surface area contributed by atoms with Crippen molar-refractivity contribution in [3.05, 3.63) is 24.3 Å². The molecule has 2 saturated carbocycles. The Morgan fingerprint density at radius 1 is 0.963 bits per heavy atom. The Morgan fingerprint density at radius 3 is 2.37 bits per heavy atom. The highest BCUT2D eigenvalue weighted by molar-refractivity contribution is 5.92. The second kappa shape index (κ2) is 9.09. The van der Waals surface area contributed by atoms with Gasteiger partial charge in [0.25, 0.3) is 0 Å². The Morgan fingerprint density at radius 2 is 1.67 bits per heavy atom. The SMILES string of the molecule is O=C(Nc1ccc(OCCCN2CC3CCCC3C2)cc1)C1CCCCC1. The summed E-state index contributed by atoms with van der Waals surface area (Å²) in [4.78, 5) is 14.9. The molecule has 1 heterocycles. The molecular formula is C23H34N2O2. The minimum absolute atomic E-state index is 0.179. The lowest BCUT2D eigenvalue weighted by molar-refractivity contribution is -0.120. The molecule has 0 spiro atoms. The third-order valence-electron chi connectivity index (χ3n) is 6.79. The van der Waals surface area contributed by atoms with Crippen molar-refractivity contribution in [2.45, 2.75) is 57.8 Å². The highest BCUT2D eigenvalue weighted by Crippen LogP contribution is 2.37. The lowest BCUT2D eigenvalue weighted by Gasteiger charge is -2.20. The van der Waals surface area contributed by atoms with E-state index in [1.807, 2.05) is 24.3 Å². The maximum absolute atomic E-state index is 12.3. The van der Waals surface area contributed by atoms with Crippen LogP contribution in [0, 0.1) is 17.8 Å². The summed E-state index contributed by atoms with van der Waals surface area (Å²) in [5.74, 6) is 3.21. The van der Waals surface area contributed by atoms with Gasteiger partial charge in [-0.15, -0.1) is 0 Å². The lowest BCUT2D eigenvalue weighted by atomic mass is 9.88. The number of carbonyl (C=O) groups is 1. The smallest absolute Gasteiger partial charge is 0.227 e. The number of hydrogen-bond donors (Lipinski definition) is 1. The summed E-state index contributed by atoms with van der Waals surface area (Å²) in [6, 6.07) is 7.85. The van der Waals surface area contributed by atoms with Crippen LogP contribution in [0.2, 0.25) is 0 Å². The van der Waals surface area contributed by atoms with Crippen LogP contribution in [0.4, 0.5) is 5.69 Å². The number of hydrogen-bond acceptors (Lipinski definition) is 3. The number of amides is 1. The second-order valence-corrected chi connectivity index (χ2v) is 8.76. The van der Waals surface area contributed by atoms with Gasteiger partial charge in [-0.05, 0) is 68.2 Å². The Hall–Kier alpha value is -1.55. The summed E-state index contributed by atoms with van der Waals surface area (Å²) in [7, 11) is 0. The van der Waals surface area contributed by atoms with Gasteiger partial charge in [0.15, 0.2) is 0 Å². The van der Waals surface area contributed by atoms with Crippen molar-refractivity contribution >= 4 is 11.6 Å². The van der Waals surface area contributed by atoms with Gasteiger partial charge >= 0.3 is 0 Å². The van der Waals surface area contributed by atoms with Crippen LogP contribution in [0.3, 0.4) is 0 Å². The van der Waals surface area contributed by atoms with Crippen LogP contribution in [0.25, 0.3) is 0 Å². The van der Waals surface area contributed by atoms with E-state index in [0.717, 1.165) is 55.7 Å². The third kappa shape index (κ3) is 5.04. The van der Waals surface area contributed by atoms with Crippen LogP contribution < -0.4 is 10.1 Å². The average Bonchev–Trinajstić information content (AvgIpc) is 3.29.